The first-order valence-electron chi connectivity index (χ1n) is 7.60. The van der Waals surface area contributed by atoms with Crippen molar-refractivity contribution in [3.05, 3.63) is 52.0 Å². The zero-order chi connectivity index (χ0) is 15.5. The van der Waals surface area contributed by atoms with Crippen LogP contribution >= 0.6 is 11.3 Å². The second kappa shape index (κ2) is 6.58. The molecule has 1 unspecified atom stereocenters. The number of aromatic nitrogens is 1. The van der Waals surface area contributed by atoms with Gasteiger partial charge in [0.15, 0.2) is 0 Å². The van der Waals surface area contributed by atoms with Crippen LogP contribution < -0.4 is 0 Å². The highest BCUT2D eigenvalue weighted by molar-refractivity contribution is 7.13. The Labute approximate surface area is 134 Å². The van der Waals surface area contributed by atoms with Gasteiger partial charge in [-0.2, -0.15) is 0 Å². The van der Waals surface area contributed by atoms with Gasteiger partial charge in [-0.05, 0) is 31.2 Å². The predicted octanol–water partition coefficient (Wildman–Crippen LogP) is 3.04. The molecule has 0 aliphatic carbocycles. The molecule has 1 aromatic heterocycles. The van der Waals surface area contributed by atoms with Crippen molar-refractivity contribution in [2.45, 2.75) is 25.9 Å². The van der Waals surface area contributed by atoms with E-state index in [4.69, 9.17) is 0 Å². The van der Waals surface area contributed by atoms with E-state index in [1.54, 1.807) is 6.20 Å². The number of nitrogens with zero attached hydrogens (tertiary/aromatic N) is 2. The molecule has 5 heteroatoms. The Hall–Kier alpha value is -1.72. The molecular formula is C17H20N2O2S. The minimum absolute atomic E-state index is 0.0678. The first-order chi connectivity index (χ1) is 10.6. The minimum Gasteiger partial charge on any atom is -0.388 e. The molecule has 1 aliphatic heterocycles. The van der Waals surface area contributed by atoms with Crippen LogP contribution in [-0.2, 0) is 0 Å². The van der Waals surface area contributed by atoms with Crippen molar-refractivity contribution in [2.75, 3.05) is 13.1 Å². The Morgan fingerprint density at radius 1 is 1.32 bits per heavy atom. The molecule has 0 saturated carbocycles. The SMILES string of the molecule is Cc1ncc(C(=O)N2CCC(C(O)c3ccccc3)CC2)s1. The molecule has 0 spiro atoms. The third kappa shape index (κ3) is 3.20. The summed E-state index contributed by atoms with van der Waals surface area (Å²) in [5.74, 6) is 0.285. The zero-order valence-electron chi connectivity index (χ0n) is 12.6. The summed E-state index contributed by atoms with van der Waals surface area (Å²) in [5, 5.41) is 11.4. The van der Waals surface area contributed by atoms with Crippen molar-refractivity contribution < 1.29 is 9.90 Å². The molecule has 22 heavy (non-hydrogen) atoms. The quantitative estimate of drug-likeness (QED) is 0.947. The fraction of sp³-hybridized carbons (Fsp3) is 0.412. The van der Waals surface area contributed by atoms with Gasteiger partial charge in [0, 0.05) is 13.1 Å². The summed E-state index contributed by atoms with van der Waals surface area (Å²) in [4.78, 5) is 19.1. The van der Waals surface area contributed by atoms with Crippen molar-refractivity contribution >= 4 is 17.2 Å². The third-order valence-electron chi connectivity index (χ3n) is 4.25. The number of aryl methyl sites for hydroxylation is 1. The Morgan fingerprint density at radius 2 is 2.00 bits per heavy atom. The number of thiazole rings is 1. The molecule has 1 aliphatic rings. The maximum atomic E-state index is 12.4. The number of hydrogen-bond donors (Lipinski definition) is 1. The Kier molecular flexibility index (Phi) is 4.55. The number of aliphatic hydroxyl groups is 1. The summed E-state index contributed by atoms with van der Waals surface area (Å²) in [6.07, 6.45) is 2.89. The smallest absolute Gasteiger partial charge is 0.265 e. The Bertz CT molecular complexity index is 633. The summed E-state index contributed by atoms with van der Waals surface area (Å²) in [7, 11) is 0. The second-order valence-corrected chi connectivity index (χ2v) is 6.96. The molecule has 0 bridgehead atoms. The van der Waals surface area contributed by atoms with E-state index < -0.39 is 6.10 Å². The number of piperidine rings is 1. The van der Waals surface area contributed by atoms with Crippen molar-refractivity contribution in [1.29, 1.82) is 0 Å². The van der Waals surface area contributed by atoms with E-state index in [0.29, 0.717) is 18.0 Å². The maximum absolute atomic E-state index is 12.4. The van der Waals surface area contributed by atoms with Crippen LogP contribution in [0.4, 0.5) is 0 Å². The molecule has 1 saturated heterocycles. The average Bonchev–Trinajstić information content (AvgIpc) is 3.01. The van der Waals surface area contributed by atoms with Crippen LogP contribution in [0, 0.1) is 12.8 Å². The molecule has 4 nitrogen and oxygen atoms in total. The molecule has 2 heterocycles. The van der Waals surface area contributed by atoms with Gasteiger partial charge >= 0.3 is 0 Å². The lowest BCUT2D eigenvalue weighted by molar-refractivity contribution is 0.0465. The van der Waals surface area contributed by atoms with Crippen LogP contribution in [0.1, 0.15) is 39.2 Å². The largest absolute Gasteiger partial charge is 0.388 e. The fourth-order valence-corrected chi connectivity index (χ4v) is 3.70. The lowest BCUT2D eigenvalue weighted by Crippen LogP contribution is -2.39. The van der Waals surface area contributed by atoms with Gasteiger partial charge in [0.1, 0.15) is 4.88 Å². The monoisotopic (exact) mass is 316 g/mol. The van der Waals surface area contributed by atoms with Crippen LogP contribution in [-0.4, -0.2) is 34.0 Å². The van der Waals surface area contributed by atoms with Crippen LogP contribution in [0.3, 0.4) is 0 Å². The zero-order valence-corrected chi connectivity index (χ0v) is 13.4. The number of amides is 1. The molecular weight excluding hydrogens is 296 g/mol. The molecule has 2 aromatic rings. The van der Waals surface area contributed by atoms with Crippen LogP contribution in [0.25, 0.3) is 0 Å². The molecule has 3 rings (SSSR count). The van der Waals surface area contributed by atoms with E-state index in [1.807, 2.05) is 42.2 Å². The molecule has 1 N–H and O–H groups in total. The molecule has 116 valence electrons. The summed E-state index contributed by atoms with van der Waals surface area (Å²) < 4.78 is 0. The standard InChI is InChI=1S/C17H20N2O2S/c1-12-18-11-15(22-12)17(21)19-9-7-14(8-10-19)16(20)13-5-3-2-4-6-13/h2-6,11,14,16,20H,7-10H2,1H3. The summed E-state index contributed by atoms with van der Waals surface area (Å²) >= 11 is 1.44. The fourth-order valence-electron chi connectivity index (χ4n) is 2.96. The van der Waals surface area contributed by atoms with Crippen LogP contribution in [0.15, 0.2) is 36.5 Å². The van der Waals surface area contributed by atoms with Crippen LogP contribution in [0.2, 0.25) is 0 Å². The number of hydrogen-bond acceptors (Lipinski definition) is 4. The minimum atomic E-state index is -0.441. The summed E-state index contributed by atoms with van der Waals surface area (Å²) in [6, 6.07) is 9.77. The van der Waals surface area contributed by atoms with Gasteiger partial charge in [-0.3, -0.25) is 4.79 Å². The number of carbonyl (C=O) groups is 1. The summed E-state index contributed by atoms with van der Waals surface area (Å²) in [5.41, 5.74) is 0.963. The van der Waals surface area contributed by atoms with E-state index in [2.05, 4.69) is 4.98 Å². The van der Waals surface area contributed by atoms with E-state index in [1.165, 1.54) is 11.3 Å². The Balaban J connectivity index is 1.59. The molecule has 1 amide bonds. The van der Waals surface area contributed by atoms with Crippen molar-refractivity contribution in [3.8, 4) is 0 Å². The highest BCUT2D eigenvalue weighted by atomic mass is 32.1. The van der Waals surface area contributed by atoms with E-state index >= 15 is 0 Å². The van der Waals surface area contributed by atoms with Crippen molar-refractivity contribution in [3.63, 3.8) is 0 Å². The van der Waals surface area contributed by atoms with Gasteiger partial charge in [-0.1, -0.05) is 30.3 Å². The topological polar surface area (TPSA) is 53.4 Å². The number of aliphatic hydroxyl groups excluding tert-OH is 1. The number of rotatable bonds is 3. The van der Waals surface area contributed by atoms with Gasteiger partial charge in [-0.15, -0.1) is 11.3 Å². The van der Waals surface area contributed by atoms with E-state index in [-0.39, 0.29) is 11.8 Å². The average molecular weight is 316 g/mol. The lowest BCUT2D eigenvalue weighted by atomic mass is 9.87. The lowest BCUT2D eigenvalue weighted by Gasteiger charge is -2.34. The second-order valence-electron chi connectivity index (χ2n) is 5.73. The van der Waals surface area contributed by atoms with Gasteiger partial charge in [0.2, 0.25) is 0 Å². The van der Waals surface area contributed by atoms with E-state index in [0.717, 1.165) is 23.4 Å². The van der Waals surface area contributed by atoms with Gasteiger partial charge in [0.05, 0.1) is 17.3 Å². The van der Waals surface area contributed by atoms with Crippen molar-refractivity contribution in [1.82, 2.24) is 9.88 Å². The van der Waals surface area contributed by atoms with E-state index in [9.17, 15) is 9.90 Å². The Morgan fingerprint density at radius 3 is 2.59 bits per heavy atom. The van der Waals surface area contributed by atoms with Gasteiger partial charge in [-0.25, -0.2) is 4.98 Å². The number of carbonyl (C=O) groups excluding carboxylic acids is 1. The summed E-state index contributed by atoms with van der Waals surface area (Å²) in [6.45, 7) is 3.30. The predicted molar refractivity (Wildman–Crippen MR) is 86.9 cm³/mol. The third-order valence-corrected chi connectivity index (χ3v) is 5.15. The first-order valence-corrected chi connectivity index (χ1v) is 8.41. The van der Waals surface area contributed by atoms with Gasteiger partial charge in [0.25, 0.3) is 5.91 Å². The van der Waals surface area contributed by atoms with Crippen LogP contribution in [0.5, 0.6) is 0 Å². The van der Waals surface area contributed by atoms with Crippen molar-refractivity contribution in [2.24, 2.45) is 5.92 Å². The maximum Gasteiger partial charge on any atom is 0.265 e. The number of likely N-dealkylation sites (tertiary alicyclic amines) is 1. The molecule has 1 fully saturated rings. The highest BCUT2D eigenvalue weighted by Gasteiger charge is 2.29. The highest BCUT2D eigenvalue weighted by Crippen LogP contribution is 2.31. The molecule has 1 atom stereocenters. The number of benzene rings is 1. The normalized spacial score (nSPS) is 17.5. The molecule has 0 radical (unpaired) electrons. The van der Waals surface area contributed by atoms with Gasteiger partial charge < -0.3 is 10.0 Å². The molecule has 1 aromatic carbocycles. The first kappa shape index (κ1) is 15.2.